The number of nitrogens with two attached hydrogens (primary N) is 1. The highest BCUT2D eigenvalue weighted by Crippen LogP contribution is 2.21. The molecule has 104 valence electrons. The second-order valence-electron chi connectivity index (χ2n) is 4.43. The Kier molecular flexibility index (Phi) is 5.30. The maximum atomic E-state index is 12.1. The van der Waals surface area contributed by atoms with Gasteiger partial charge in [0.05, 0.1) is 10.5 Å². The summed E-state index contributed by atoms with van der Waals surface area (Å²) in [5.74, 6) is 0. The average Bonchev–Trinajstić information content (AvgIpc) is 2.75. The Morgan fingerprint density at radius 2 is 2.17 bits per heavy atom. The summed E-state index contributed by atoms with van der Waals surface area (Å²) in [6.07, 6.45) is 0. The molecule has 1 aromatic rings. The highest BCUT2D eigenvalue weighted by molar-refractivity contribution is 7.89. The molecule has 0 radical (unpaired) electrons. The zero-order valence-corrected chi connectivity index (χ0v) is 12.5. The van der Waals surface area contributed by atoms with E-state index in [0.717, 1.165) is 0 Å². The van der Waals surface area contributed by atoms with Crippen molar-refractivity contribution in [2.24, 2.45) is 5.73 Å². The number of ether oxygens (including phenoxy) is 1. The van der Waals surface area contributed by atoms with Gasteiger partial charge >= 0.3 is 0 Å². The van der Waals surface area contributed by atoms with Crippen molar-refractivity contribution >= 4 is 21.4 Å². The fourth-order valence-electron chi connectivity index (χ4n) is 1.51. The minimum atomic E-state index is -3.51. The molecule has 0 amide bonds. The SMILES string of the molecule is CCOC(C)(C)CNS(=O)(=O)c1ccsc1CN. The van der Waals surface area contributed by atoms with Gasteiger partial charge < -0.3 is 10.5 Å². The summed E-state index contributed by atoms with van der Waals surface area (Å²) in [6.45, 7) is 6.56. The highest BCUT2D eigenvalue weighted by Gasteiger charge is 2.24. The van der Waals surface area contributed by atoms with Crippen molar-refractivity contribution in [1.82, 2.24) is 4.72 Å². The van der Waals surface area contributed by atoms with Crippen LogP contribution < -0.4 is 10.5 Å². The minimum absolute atomic E-state index is 0.225. The fraction of sp³-hybridized carbons (Fsp3) is 0.636. The van der Waals surface area contributed by atoms with E-state index in [0.29, 0.717) is 11.5 Å². The Bertz CT molecular complexity index is 480. The van der Waals surface area contributed by atoms with Crippen LogP contribution in [0.2, 0.25) is 0 Å². The van der Waals surface area contributed by atoms with Gasteiger partial charge in [0.2, 0.25) is 10.0 Å². The van der Waals surface area contributed by atoms with Crippen molar-refractivity contribution in [3.63, 3.8) is 0 Å². The van der Waals surface area contributed by atoms with Gasteiger partial charge in [-0.05, 0) is 32.2 Å². The summed E-state index contributed by atoms with van der Waals surface area (Å²) >= 11 is 1.34. The third-order valence-corrected chi connectivity index (χ3v) is 4.96. The molecular formula is C11H20N2O3S2. The molecule has 18 heavy (non-hydrogen) atoms. The van der Waals surface area contributed by atoms with Gasteiger partial charge in [0.15, 0.2) is 0 Å². The predicted octanol–water partition coefficient (Wildman–Crippen LogP) is 1.30. The quantitative estimate of drug-likeness (QED) is 0.793. The Morgan fingerprint density at radius 1 is 1.50 bits per heavy atom. The smallest absolute Gasteiger partial charge is 0.241 e. The summed E-state index contributed by atoms with van der Waals surface area (Å²) in [5.41, 5.74) is 4.99. The molecule has 1 heterocycles. The summed E-state index contributed by atoms with van der Waals surface area (Å²) in [6, 6.07) is 1.57. The van der Waals surface area contributed by atoms with Gasteiger partial charge in [-0.1, -0.05) is 0 Å². The summed E-state index contributed by atoms with van der Waals surface area (Å²) in [4.78, 5) is 0.930. The maximum absolute atomic E-state index is 12.1. The molecule has 0 saturated carbocycles. The molecule has 0 aromatic carbocycles. The Balaban J connectivity index is 2.78. The molecule has 0 bridgehead atoms. The van der Waals surface area contributed by atoms with Crippen LogP contribution in [0.4, 0.5) is 0 Å². The van der Waals surface area contributed by atoms with Crippen LogP contribution in [0.5, 0.6) is 0 Å². The van der Waals surface area contributed by atoms with Crippen molar-refractivity contribution < 1.29 is 13.2 Å². The van der Waals surface area contributed by atoms with Crippen molar-refractivity contribution in [1.29, 1.82) is 0 Å². The first-order valence-electron chi connectivity index (χ1n) is 5.72. The largest absolute Gasteiger partial charge is 0.375 e. The molecule has 3 N–H and O–H groups in total. The van der Waals surface area contributed by atoms with E-state index < -0.39 is 15.6 Å². The van der Waals surface area contributed by atoms with E-state index in [9.17, 15) is 8.42 Å². The normalized spacial score (nSPS) is 12.9. The van der Waals surface area contributed by atoms with E-state index in [1.807, 2.05) is 20.8 Å². The van der Waals surface area contributed by atoms with Gasteiger partial charge in [0.25, 0.3) is 0 Å². The van der Waals surface area contributed by atoms with Crippen LogP contribution in [0.25, 0.3) is 0 Å². The zero-order chi connectivity index (χ0) is 13.8. The molecule has 7 heteroatoms. The standard InChI is InChI=1S/C11H20N2O3S2/c1-4-16-11(2,3)8-13-18(14,15)10-5-6-17-9(10)7-12/h5-6,13H,4,7-8,12H2,1-3H3. The van der Waals surface area contributed by atoms with Gasteiger partial charge in [-0.3, -0.25) is 0 Å². The molecule has 1 rings (SSSR count). The second-order valence-corrected chi connectivity index (χ2v) is 7.17. The summed E-state index contributed by atoms with van der Waals surface area (Å²) in [7, 11) is -3.51. The number of rotatable bonds is 7. The van der Waals surface area contributed by atoms with E-state index in [-0.39, 0.29) is 18.0 Å². The minimum Gasteiger partial charge on any atom is -0.375 e. The average molecular weight is 292 g/mol. The monoisotopic (exact) mass is 292 g/mol. The van der Waals surface area contributed by atoms with Gasteiger partial charge in [-0.15, -0.1) is 11.3 Å². The van der Waals surface area contributed by atoms with Crippen molar-refractivity contribution in [3.05, 3.63) is 16.3 Å². The lowest BCUT2D eigenvalue weighted by molar-refractivity contribution is -0.00515. The van der Waals surface area contributed by atoms with E-state index in [2.05, 4.69) is 4.72 Å². The van der Waals surface area contributed by atoms with Crippen LogP contribution in [0.3, 0.4) is 0 Å². The number of thiophene rings is 1. The van der Waals surface area contributed by atoms with Crippen molar-refractivity contribution in [2.75, 3.05) is 13.2 Å². The van der Waals surface area contributed by atoms with Crippen LogP contribution in [-0.2, 0) is 21.3 Å². The van der Waals surface area contributed by atoms with Gasteiger partial charge in [-0.25, -0.2) is 13.1 Å². The Labute approximate surface area is 112 Å². The maximum Gasteiger partial charge on any atom is 0.241 e. The van der Waals surface area contributed by atoms with Crippen LogP contribution in [0, 0.1) is 0 Å². The van der Waals surface area contributed by atoms with E-state index in [1.54, 1.807) is 11.4 Å². The van der Waals surface area contributed by atoms with Gasteiger partial charge in [0.1, 0.15) is 0 Å². The Morgan fingerprint density at radius 3 is 2.72 bits per heavy atom. The molecule has 0 aliphatic carbocycles. The topological polar surface area (TPSA) is 81.4 Å². The molecule has 0 aliphatic heterocycles. The van der Waals surface area contributed by atoms with E-state index >= 15 is 0 Å². The van der Waals surface area contributed by atoms with E-state index in [4.69, 9.17) is 10.5 Å². The third kappa shape index (κ3) is 4.03. The number of hydrogen-bond acceptors (Lipinski definition) is 5. The fourth-order valence-corrected chi connectivity index (χ4v) is 4.04. The number of nitrogens with one attached hydrogen (secondary N) is 1. The van der Waals surface area contributed by atoms with Crippen LogP contribution in [0.15, 0.2) is 16.3 Å². The van der Waals surface area contributed by atoms with Crippen LogP contribution in [0.1, 0.15) is 25.6 Å². The predicted molar refractivity (Wildman–Crippen MR) is 73.1 cm³/mol. The van der Waals surface area contributed by atoms with Crippen molar-refractivity contribution in [3.8, 4) is 0 Å². The summed E-state index contributed by atoms with van der Waals surface area (Å²) in [5, 5.41) is 1.73. The molecule has 0 saturated heterocycles. The van der Waals surface area contributed by atoms with E-state index in [1.165, 1.54) is 11.3 Å². The van der Waals surface area contributed by atoms with Crippen LogP contribution in [-0.4, -0.2) is 27.2 Å². The lowest BCUT2D eigenvalue weighted by Crippen LogP contribution is -2.40. The molecule has 1 aromatic heterocycles. The van der Waals surface area contributed by atoms with Gasteiger partial charge in [-0.2, -0.15) is 0 Å². The number of sulfonamides is 1. The first-order valence-corrected chi connectivity index (χ1v) is 8.09. The van der Waals surface area contributed by atoms with Gasteiger partial charge in [0, 0.05) is 24.6 Å². The second kappa shape index (κ2) is 6.12. The zero-order valence-electron chi connectivity index (χ0n) is 10.9. The Hall–Kier alpha value is -0.470. The van der Waals surface area contributed by atoms with Crippen LogP contribution >= 0.6 is 11.3 Å². The first-order chi connectivity index (χ1) is 8.32. The lowest BCUT2D eigenvalue weighted by Gasteiger charge is -2.24. The lowest BCUT2D eigenvalue weighted by atomic mass is 10.1. The molecule has 0 atom stereocenters. The highest BCUT2D eigenvalue weighted by atomic mass is 32.2. The first kappa shape index (κ1) is 15.6. The molecule has 0 aliphatic rings. The number of hydrogen-bond donors (Lipinski definition) is 2. The third-order valence-electron chi connectivity index (χ3n) is 2.40. The molecule has 0 spiro atoms. The molecule has 0 unspecified atom stereocenters. The molecular weight excluding hydrogens is 272 g/mol. The molecule has 0 fully saturated rings. The van der Waals surface area contributed by atoms with Crippen molar-refractivity contribution in [2.45, 2.75) is 37.8 Å². The molecule has 5 nitrogen and oxygen atoms in total. The summed E-state index contributed by atoms with van der Waals surface area (Å²) < 4.78 is 32.2.